The predicted molar refractivity (Wildman–Crippen MR) is 35.9 cm³/mol. The van der Waals surface area contributed by atoms with Gasteiger partial charge in [0.2, 0.25) is 6.36 Å². The zero-order valence-electron chi connectivity index (χ0n) is 4.21. The molecule has 1 N–H and O–H groups in total. The molecule has 0 aliphatic carbocycles. The second kappa shape index (κ2) is 2.72. The standard InChI is InChI=1S/C4H3BrFNOS/c5-4-7-2(1-9-4)3(6)8/h1,3,8H. The van der Waals surface area contributed by atoms with Gasteiger partial charge >= 0.3 is 0 Å². The lowest BCUT2D eigenvalue weighted by atomic mass is 10.5. The average Bonchev–Trinajstić information content (AvgIpc) is 2.14. The van der Waals surface area contributed by atoms with Crippen molar-refractivity contribution in [3.05, 3.63) is 15.0 Å². The highest BCUT2D eigenvalue weighted by Gasteiger charge is 2.07. The Morgan fingerprint density at radius 3 is 2.78 bits per heavy atom. The van der Waals surface area contributed by atoms with Crippen molar-refractivity contribution in [1.82, 2.24) is 4.98 Å². The molecule has 1 atom stereocenters. The first-order valence-electron chi connectivity index (χ1n) is 2.13. The highest BCUT2D eigenvalue weighted by atomic mass is 79.9. The van der Waals surface area contributed by atoms with Gasteiger partial charge < -0.3 is 5.11 Å². The number of aromatic nitrogens is 1. The maximum absolute atomic E-state index is 11.9. The van der Waals surface area contributed by atoms with Gasteiger partial charge in [-0.2, -0.15) is 0 Å². The summed E-state index contributed by atoms with van der Waals surface area (Å²) in [5.74, 6) is 0. The highest BCUT2D eigenvalue weighted by Crippen LogP contribution is 2.20. The molecule has 0 radical (unpaired) electrons. The van der Waals surface area contributed by atoms with Gasteiger partial charge in [0, 0.05) is 5.38 Å². The maximum Gasteiger partial charge on any atom is 0.240 e. The van der Waals surface area contributed by atoms with Crippen molar-refractivity contribution in [2.45, 2.75) is 6.36 Å². The van der Waals surface area contributed by atoms with Crippen LogP contribution < -0.4 is 0 Å². The van der Waals surface area contributed by atoms with Crippen molar-refractivity contribution in [3.8, 4) is 0 Å². The van der Waals surface area contributed by atoms with Crippen LogP contribution in [0.3, 0.4) is 0 Å². The van der Waals surface area contributed by atoms with Crippen LogP contribution in [0.1, 0.15) is 12.1 Å². The number of halogens is 2. The first-order valence-corrected chi connectivity index (χ1v) is 3.80. The third kappa shape index (κ3) is 1.70. The molecular formula is C4H3BrFNOS. The quantitative estimate of drug-likeness (QED) is 0.770. The Balaban J connectivity index is 2.85. The van der Waals surface area contributed by atoms with Crippen LogP contribution in [0.5, 0.6) is 0 Å². The minimum atomic E-state index is -1.95. The van der Waals surface area contributed by atoms with E-state index in [2.05, 4.69) is 20.9 Å². The van der Waals surface area contributed by atoms with Gasteiger partial charge in [0.05, 0.1) is 0 Å². The van der Waals surface area contributed by atoms with Crippen LogP contribution in [0.25, 0.3) is 0 Å². The van der Waals surface area contributed by atoms with E-state index in [-0.39, 0.29) is 5.69 Å². The molecule has 0 fully saturated rings. The van der Waals surface area contributed by atoms with Crippen molar-refractivity contribution in [2.75, 3.05) is 0 Å². The molecule has 0 aliphatic rings. The number of nitrogens with zero attached hydrogens (tertiary/aromatic N) is 1. The number of aliphatic hydroxyl groups excluding tert-OH is 1. The van der Waals surface area contributed by atoms with Crippen LogP contribution in [0.2, 0.25) is 0 Å². The topological polar surface area (TPSA) is 33.1 Å². The first-order chi connectivity index (χ1) is 4.20. The van der Waals surface area contributed by atoms with Gasteiger partial charge in [-0.05, 0) is 15.9 Å². The van der Waals surface area contributed by atoms with Gasteiger partial charge in [0.1, 0.15) is 5.69 Å². The van der Waals surface area contributed by atoms with Crippen LogP contribution in [0, 0.1) is 0 Å². The van der Waals surface area contributed by atoms with Gasteiger partial charge in [-0.15, -0.1) is 11.3 Å². The second-order valence-electron chi connectivity index (χ2n) is 1.36. The molecule has 1 unspecified atom stereocenters. The summed E-state index contributed by atoms with van der Waals surface area (Å²) in [5.41, 5.74) is 0.0619. The molecule has 1 aromatic rings. The van der Waals surface area contributed by atoms with Crippen molar-refractivity contribution in [2.24, 2.45) is 0 Å². The Labute approximate surface area is 63.5 Å². The molecule has 2 nitrogen and oxygen atoms in total. The SMILES string of the molecule is OC(F)c1csc(Br)n1. The lowest BCUT2D eigenvalue weighted by Crippen LogP contribution is -1.87. The molecule has 1 aromatic heterocycles. The number of hydrogen-bond donors (Lipinski definition) is 1. The van der Waals surface area contributed by atoms with Crippen molar-refractivity contribution in [3.63, 3.8) is 0 Å². The molecule has 9 heavy (non-hydrogen) atoms. The summed E-state index contributed by atoms with van der Waals surface area (Å²) >= 11 is 4.27. The molecule has 0 amide bonds. The van der Waals surface area contributed by atoms with Gasteiger partial charge in [-0.1, -0.05) is 0 Å². The van der Waals surface area contributed by atoms with E-state index in [0.29, 0.717) is 3.92 Å². The summed E-state index contributed by atoms with van der Waals surface area (Å²) in [7, 11) is 0. The third-order valence-electron chi connectivity index (χ3n) is 0.738. The molecule has 0 spiro atoms. The molecule has 0 saturated carbocycles. The van der Waals surface area contributed by atoms with E-state index in [9.17, 15) is 4.39 Å². The van der Waals surface area contributed by atoms with Gasteiger partial charge in [-0.3, -0.25) is 0 Å². The number of thiazole rings is 1. The van der Waals surface area contributed by atoms with Crippen LogP contribution >= 0.6 is 27.3 Å². The van der Waals surface area contributed by atoms with Crippen molar-refractivity contribution in [1.29, 1.82) is 0 Å². The number of hydrogen-bond acceptors (Lipinski definition) is 3. The summed E-state index contributed by atoms with van der Waals surface area (Å²) < 4.78 is 12.5. The van der Waals surface area contributed by atoms with E-state index in [1.165, 1.54) is 16.7 Å². The molecule has 0 saturated heterocycles. The maximum atomic E-state index is 11.9. The molecule has 0 aliphatic heterocycles. The summed E-state index contributed by atoms with van der Waals surface area (Å²) in [6, 6.07) is 0. The molecule has 50 valence electrons. The Bertz CT molecular complexity index is 202. The fourth-order valence-electron chi connectivity index (χ4n) is 0.373. The molecule has 0 bridgehead atoms. The summed E-state index contributed by atoms with van der Waals surface area (Å²) in [4.78, 5) is 3.62. The Kier molecular flexibility index (Phi) is 2.15. The van der Waals surface area contributed by atoms with Crippen LogP contribution in [0.4, 0.5) is 4.39 Å². The van der Waals surface area contributed by atoms with Crippen molar-refractivity contribution < 1.29 is 9.50 Å². The van der Waals surface area contributed by atoms with E-state index in [0.717, 1.165) is 0 Å². The highest BCUT2D eigenvalue weighted by molar-refractivity contribution is 9.11. The minimum absolute atomic E-state index is 0.0619. The zero-order valence-corrected chi connectivity index (χ0v) is 6.62. The third-order valence-corrected chi connectivity index (χ3v) is 2.12. The van der Waals surface area contributed by atoms with Gasteiger partial charge in [0.25, 0.3) is 0 Å². The first kappa shape index (κ1) is 7.11. The number of aliphatic hydroxyl groups is 1. The smallest absolute Gasteiger partial charge is 0.240 e. The predicted octanol–water partition coefficient (Wildman–Crippen LogP) is 1.87. The van der Waals surface area contributed by atoms with E-state index >= 15 is 0 Å². The monoisotopic (exact) mass is 211 g/mol. The van der Waals surface area contributed by atoms with E-state index in [4.69, 9.17) is 5.11 Å². The Morgan fingerprint density at radius 1 is 1.89 bits per heavy atom. The van der Waals surface area contributed by atoms with E-state index < -0.39 is 6.36 Å². The summed E-state index contributed by atoms with van der Waals surface area (Å²) in [6.07, 6.45) is -1.95. The van der Waals surface area contributed by atoms with E-state index in [1.54, 1.807) is 0 Å². The average molecular weight is 212 g/mol. The summed E-state index contributed by atoms with van der Waals surface area (Å²) in [6.45, 7) is 0. The number of rotatable bonds is 1. The summed E-state index contributed by atoms with van der Waals surface area (Å²) in [5, 5.41) is 9.75. The largest absolute Gasteiger partial charge is 0.359 e. The van der Waals surface area contributed by atoms with Crippen LogP contribution in [-0.4, -0.2) is 10.1 Å². The minimum Gasteiger partial charge on any atom is -0.359 e. The van der Waals surface area contributed by atoms with Crippen LogP contribution in [0.15, 0.2) is 9.30 Å². The normalized spacial score (nSPS) is 13.7. The lowest BCUT2D eigenvalue weighted by Gasteiger charge is -1.90. The van der Waals surface area contributed by atoms with E-state index in [1.807, 2.05) is 0 Å². The Morgan fingerprint density at radius 2 is 2.56 bits per heavy atom. The van der Waals surface area contributed by atoms with Gasteiger partial charge in [0.15, 0.2) is 3.92 Å². The molecule has 1 rings (SSSR count). The van der Waals surface area contributed by atoms with Crippen LogP contribution in [-0.2, 0) is 0 Å². The van der Waals surface area contributed by atoms with Crippen molar-refractivity contribution >= 4 is 27.3 Å². The fourth-order valence-corrected chi connectivity index (χ4v) is 1.40. The lowest BCUT2D eigenvalue weighted by molar-refractivity contribution is 0.0376. The fraction of sp³-hybridized carbons (Fsp3) is 0.250. The zero-order chi connectivity index (χ0) is 6.85. The second-order valence-corrected chi connectivity index (χ2v) is 3.50. The molecule has 1 heterocycles. The Hall–Kier alpha value is -0.0000000000000000555. The molecule has 0 aromatic carbocycles. The van der Waals surface area contributed by atoms with Gasteiger partial charge in [-0.25, -0.2) is 9.37 Å². The molecular weight excluding hydrogens is 209 g/mol. The molecule has 5 heteroatoms. The number of alkyl halides is 1.